The van der Waals surface area contributed by atoms with Crippen LogP contribution in [0.4, 0.5) is 0 Å². The first-order valence-electron chi connectivity index (χ1n) is 7.03. The number of likely N-dealkylation sites (tertiary alicyclic amines) is 1. The molecule has 2 nitrogen and oxygen atoms in total. The maximum Gasteiger partial charge on any atom is 0.0208 e. The van der Waals surface area contributed by atoms with Crippen molar-refractivity contribution >= 4 is 0 Å². The fraction of sp³-hybridized carbons (Fsp3) is 0.625. The number of aryl methyl sites for hydroxylation is 1. The van der Waals surface area contributed by atoms with Crippen molar-refractivity contribution in [3.8, 4) is 0 Å². The molecule has 1 saturated heterocycles. The van der Waals surface area contributed by atoms with Gasteiger partial charge in [-0.25, -0.2) is 0 Å². The van der Waals surface area contributed by atoms with Crippen molar-refractivity contribution in [3.05, 3.63) is 35.4 Å². The average Bonchev–Trinajstić information content (AvgIpc) is 2.36. The third-order valence-corrected chi connectivity index (χ3v) is 4.32. The molecule has 0 atom stereocenters. The average molecular weight is 246 g/mol. The second kappa shape index (κ2) is 5.85. The molecule has 18 heavy (non-hydrogen) atoms. The van der Waals surface area contributed by atoms with Crippen molar-refractivity contribution in [1.29, 1.82) is 0 Å². The van der Waals surface area contributed by atoms with Gasteiger partial charge in [-0.05, 0) is 56.4 Å². The van der Waals surface area contributed by atoms with E-state index in [2.05, 4.69) is 55.4 Å². The number of piperidine rings is 1. The van der Waals surface area contributed by atoms with Crippen LogP contribution in [0.3, 0.4) is 0 Å². The van der Waals surface area contributed by atoms with E-state index < -0.39 is 0 Å². The van der Waals surface area contributed by atoms with Crippen LogP contribution in [0, 0.1) is 12.3 Å². The molecule has 1 aromatic carbocycles. The summed E-state index contributed by atoms with van der Waals surface area (Å²) in [6, 6.07) is 8.64. The van der Waals surface area contributed by atoms with Gasteiger partial charge in [-0.3, -0.25) is 0 Å². The summed E-state index contributed by atoms with van der Waals surface area (Å²) in [5.41, 5.74) is 3.29. The Morgan fingerprint density at radius 2 is 1.89 bits per heavy atom. The zero-order chi connectivity index (χ0) is 13.0. The molecule has 1 N–H and O–H groups in total. The number of nitrogens with zero attached hydrogens (tertiary/aromatic N) is 1. The molecule has 100 valence electrons. The molecule has 1 aliphatic rings. The van der Waals surface area contributed by atoms with E-state index >= 15 is 0 Å². The summed E-state index contributed by atoms with van der Waals surface area (Å²) in [4.78, 5) is 2.43. The predicted molar refractivity (Wildman–Crippen MR) is 77.7 cm³/mol. The van der Waals surface area contributed by atoms with Gasteiger partial charge in [0.2, 0.25) is 0 Å². The molecule has 0 radical (unpaired) electrons. The highest BCUT2D eigenvalue weighted by Gasteiger charge is 2.28. The highest BCUT2D eigenvalue weighted by Crippen LogP contribution is 2.29. The van der Waals surface area contributed by atoms with Crippen LogP contribution in [-0.2, 0) is 6.54 Å². The van der Waals surface area contributed by atoms with Crippen LogP contribution in [-0.4, -0.2) is 31.6 Å². The number of rotatable bonds is 4. The first kappa shape index (κ1) is 13.6. The zero-order valence-electron chi connectivity index (χ0n) is 12.0. The third-order valence-electron chi connectivity index (χ3n) is 4.32. The fourth-order valence-electron chi connectivity index (χ4n) is 2.64. The minimum absolute atomic E-state index is 0.481. The number of hydrogen-bond donors (Lipinski definition) is 1. The number of nitrogens with one attached hydrogen (secondary N) is 1. The molecule has 0 aromatic heterocycles. The first-order valence-corrected chi connectivity index (χ1v) is 7.03. The van der Waals surface area contributed by atoms with Crippen molar-refractivity contribution in [2.75, 3.05) is 26.7 Å². The second-order valence-electron chi connectivity index (χ2n) is 6.14. The Bertz CT molecular complexity index is 378. The van der Waals surface area contributed by atoms with Crippen molar-refractivity contribution < 1.29 is 0 Å². The van der Waals surface area contributed by atoms with E-state index in [0.29, 0.717) is 5.41 Å². The van der Waals surface area contributed by atoms with Crippen LogP contribution in [0.25, 0.3) is 0 Å². The van der Waals surface area contributed by atoms with Crippen molar-refractivity contribution in [2.45, 2.75) is 33.2 Å². The van der Waals surface area contributed by atoms with Gasteiger partial charge in [-0.2, -0.15) is 0 Å². The lowest BCUT2D eigenvalue weighted by atomic mass is 9.80. The molecule has 2 rings (SSSR count). The Morgan fingerprint density at radius 3 is 2.56 bits per heavy atom. The van der Waals surface area contributed by atoms with Gasteiger partial charge in [0.15, 0.2) is 0 Å². The van der Waals surface area contributed by atoms with Gasteiger partial charge in [0.25, 0.3) is 0 Å². The van der Waals surface area contributed by atoms with Crippen LogP contribution in [0.2, 0.25) is 0 Å². The summed E-state index contributed by atoms with van der Waals surface area (Å²) in [5.74, 6) is 0. The Hall–Kier alpha value is -0.860. The topological polar surface area (TPSA) is 15.3 Å². The molecule has 1 fully saturated rings. The molecule has 0 saturated carbocycles. The number of hydrogen-bond acceptors (Lipinski definition) is 2. The van der Waals surface area contributed by atoms with Gasteiger partial charge in [-0.1, -0.05) is 31.2 Å². The molecular formula is C16H26N2. The van der Waals surface area contributed by atoms with Crippen LogP contribution in [0.1, 0.15) is 30.9 Å². The minimum atomic E-state index is 0.481. The van der Waals surface area contributed by atoms with Crippen LogP contribution in [0.15, 0.2) is 24.3 Å². The molecule has 0 aliphatic carbocycles. The lowest BCUT2D eigenvalue weighted by molar-refractivity contribution is 0.137. The monoisotopic (exact) mass is 246 g/mol. The van der Waals surface area contributed by atoms with Gasteiger partial charge in [0, 0.05) is 13.1 Å². The molecule has 0 unspecified atom stereocenters. The van der Waals surface area contributed by atoms with Crippen molar-refractivity contribution in [2.24, 2.45) is 5.41 Å². The first-order chi connectivity index (χ1) is 8.59. The van der Waals surface area contributed by atoms with Crippen LogP contribution in [0.5, 0.6) is 0 Å². The third kappa shape index (κ3) is 3.56. The van der Waals surface area contributed by atoms with Gasteiger partial charge in [0.05, 0.1) is 0 Å². The van der Waals surface area contributed by atoms with Crippen molar-refractivity contribution in [3.63, 3.8) is 0 Å². The summed E-state index contributed by atoms with van der Waals surface area (Å²) in [5, 5.41) is 3.65. The van der Waals surface area contributed by atoms with E-state index in [1.807, 2.05) is 0 Å². The summed E-state index contributed by atoms with van der Waals surface area (Å²) < 4.78 is 0. The second-order valence-corrected chi connectivity index (χ2v) is 6.14. The predicted octanol–water partition coefficient (Wildman–Crippen LogP) is 2.82. The standard InChI is InChI=1S/C16H26N2/c1-14-6-4-5-7-15(14)12-17-13-16(2)8-10-18(3)11-9-16/h4-7,17H,8-13H2,1-3H3. The molecule has 1 aromatic rings. The van der Waals surface area contributed by atoms with Gasteiger partial charge in [-0.15, -0.1) is 0 Å². The molecule has 2 heteroatoms. The van der Waals surface area contributed by atoms with Gasteiger partial charge < -0.3 is 10.2 Å². The highest BCUT2D eigenvalue weighted by molar-refractivity contribution is 5.25. The Balaban J connectivity index is 1.80. The zero-order valence-corrected chi connectivity index (χ0v) is 12.0. The maximum atomic E-state index is 3.65. The van der Waals surface area contributed by atoms with E-state index in [1.165, 1.54) is 37.1 Å². The summed E-state index contributed by atoms with van der Waals surface area (Å²) in [7, 11) is 2.22. The molecule has 0 bridgehead atoms. The fourth-order valence-corrected chi connectivity index (χ4v) is 2.64. The van der Waals surface area contributed by atoms with Crippen LogP contribution < -0.4 is 5.32 Å². The largest absolute Gasteiger partial charge is 0.312 e. The lowest BCUT2D eigenvalue weighted by Crippen LogP contribution is -2.41. The quantitative estimate of drug-likeness (QED) is 0.879. The van der Waals surface area contributed by atoms with E-state index in [4.69, 9.17) is 0 Å². The van der Waals surface area contributed by atoms with Gasteiger partial charge >= 0.3 is 0 Å². The minimum Gasteiger partial charge on any atom is -0.312 e. The summed E-state index contributed by atoms with van der Waals surface area (Å²) in [6.45, 7) is 9.22. The lowest BCUT2D eigenvalue weighted by Gasteiger charge is -2.38. The van der Waals surface area contributed by atoms with E-state index in [-0.39, 0.29) is 0 Å². The molecule has 0 spiro atoms. The van der Waals surface area contributed by atoms with E-state index in [9.17, 15) is 0 Å². The molecular weight excluding hydrogens is 220 g/mol. The highest BCUT2D eigenvalue weighted by atomic mass is 15.1. The normalized spacial score (nSPS) is 19.9. The summed E-state index contributed by atoms with van der Waals surface area (Å²) >= 11 is 0. The molecule has 1 heterocycles. The van der Waals surface area contributed by atoms with Gasteiger partial charge in [0.1, 0.15) is 0 Å². The van der Waals surface area contributed by atoms with Crippen molar-refractivity contribution in [1.82, 2.24) is 10.2 Å². The SMILES string of the molecule is Cc1ccccc1CNCC1(C)CCN(C)CC1. The van der Waals surface area contributed by atoms with Crippen LogP contribution >= 0.6 is 0 Å². The molecule has 1 aliphatic heterocycles. The smallest absolute Gasteiger partial charge is 0.0208 e. The summed E-state index contributed by atoms with van der Waals surface area (Å²) in [6.07, 6.45) is 2.62. The Kier molecular flexibility index (Phi) is 4.41. The maximum absolute atomic E-state index is 3.65. The van der Waals surface area contributed by atoms with E-state index in [0.717, 1.165) is 13.1 Å². The molecule has 0 amide bonds. The Morgan fingerprint density at radius 1 is 1.22 bits per heavy atom. The Labute approximate surface area is 111 Å². The van der Waals surface area contributed by atoms with E-state index in [1.54, 1.807) is 0 Å². The number of benzene rings is 1.